The molecule has 0 spiro atoms. The van der Waals surface area contributed by atoms with Crippen LogP contribution in [0.15, 0.2) is 5.16 Å². The highest BCUT2D eigenvalue weighted by molar-refractivity contribution is 6.36. The van der Waals surface area contributed by atoms with Gasteiger partial charge in [-0.3, -0.25) is 4.79 Å². The van der Waals surface area contributed by atoms with Crippen LogP contribution in [0.3, 0.4) is 0 Å². The van der Waals surface area contributed by atoms with Crippen LogP contribution in [0.1, 0.15) is 26.7 Å². The van der Waals surface area contributed by atoms with Crippen molar-refractivity contribution in [1.82, 2.24) is 4.90 Å². The molecule has 1 N–H and O–H groups in total. The van der Waals surface area contributed by atoms with Crippen LogP contribution in [0.2, 0.25) is 0 Å². The fourth-order valence-corrected chi connectivity index (χ4v) is 2.14. The van der Waals surface area contributed by atoms with Crippen LogP contribution in [0.25, 0.3) is 0 Å². The van der Waals surface area contributed by atoms with Gasteiger partial charge in [-0.25, -0.2) is 4.79 Å². The number of oxime groups is 1. The summed E-state index contributed by atoms with van der Waals surface area (Å²) in [6.45, 7) is 5.60. The third kappa shape index (κ3) is 2.40. The summed E-state index contributed by atoms with van der Waals surface area (Å²) in [5, 5.41) is 12.1. The number of aliphatic carboxylic acids is 1. The number of carbonyl (C=O) groups excluding carboxylic acids is 1. The lowest BCUT2D eigenvalue weighted by molar-refractivity contribution is -0.141. The van der Waals surface area contributed by atoms with Crippen molar-refractivity contribution in [3.8, 4) is 0 Å². The molecule has 1 atom stereocenters. The highest BCUT2D eigenvalue weighted by Gasteiger charge is 2.39. The first-order valence-electron chi connectivity index (χ1n) is 5.64. The van der Waals surface area contributed by atoms with Gasteiger partial charge in [-0.1, -0.05) is 19.0 Å². The number of carboxylic acids is 1. The normalized spacial score (nSPS) is 26.6. The number of carbonyl (C=O) groups is 2. The van der Waals surface area contributed by atoms with Gasteiger partial charge in [0.15, 0.2) is 5.71 Å². The van der Waals surface area contributed by atoms with Crippen LogP contribution in [-0.2, 0) is 14.4 Å². The molecule has 0 bridgehead atoms. The summed E-state index contributed by atoms with van der Waals surface area (Å²) in [7, 11) is 0. The third-order valence-corrected chi connectivity index (χ3v) is 3.18. The molecule has 0 aromatic carbocycles. The molecule has 0 radical (unpaired) electrons. The summed E-state index contributed by atoms with van der Waals surface area (Å²) in [6, 6.07) is 0. The Morgan fingerprint density at radius 3 is 2.71 bits per heavy atom. The first kappa shape index (κ1) is 11.9. The van der Waals surface area contributed by atoms with Crippen LogP contribution < -0.4 is 0 Å². The number of likely N-dealkylation sites (tertiary alicyclic amines) is 1. The van der Waals surface area contributed by atoms with Crippen LogP contribution in [-0.4, -0.2) is 46.8 Å². The average Bonchev–Trinajstić information content (AvgIpc) is 2.83. The van der Waals surface area contributed by atoms with Gasteiger partial charge in [-0.2, -0.15) is 0 Å². The quantitative estimate of drug-likeness (QED) is 0.761. The van der Waals surface area contributed by atoms with Crippen molar-refractivity contribution in [1.29, 1.82) is 0 Å². The summed E-state index contributed by atoms with van der Waals surface area (Å²) < 4.78 is 0. The fourth-order valence-electron chi connectivity index (χ4n) is 2.14. The average molecular weight is 240 g/mol. The van der Waals surface area contributed by atoms with Gasteiger partial charge in [-0.15, -0.1) is 0 Å². The van der Waals surface area contributed by atoms with Crippen molar-refractivity contribution in [2.24, 2.45) is 10.6 Å². The van der Waals surface area contributed by atoms with Crippen molar-refractivity contribution in [2.75, 3.05) is 13.1 Å². The molecule has 2 heterocycles. The lowest BCUT2D eigenvalue weighted by Crippen LogP contribution is -2.38. The SMILES string of the molecule is CC1(C)CCN(C(=O)C2CC(C(=O)O)=NO2)C1. The summed E-state index contributed by atoms with van der Waals surface area (Å²) >= 11 is 0. The maximum Gasteiger partial charge on any atom is 0.353 e. The summed E-state index contributed by atoms with van der Waals surface area (Å²) in [5.41, 5.74) is 0.0481. The van der Waals surface area contributed by atoms with Gasteiger partial charge in [0.05, 0.1) is 0 Å². The molecule has 1 unspecified atom stereocenters. The molecule has 1 fully saturated rings. The van der Waals surface area contributed by atoms with Crippen molar-refractivity contribution in [2.45, 2.75) is 32.8 Å². The predicted molar refractivity (Wildman–Crippen MR) is 59.5 cm³/mol. The van der Waals surface area contributed by atoms with E-state index in [1.54, 1.807) is 4.90 Å². The van der Waals surface area contributed by atoms with Gasteiger partial charge in [0.1, 0.15) is 0 Å². The van der Waals surface area contributed by atoms with Gasteiger partial charge in [0, 0.05) is 19.5 Å². The molecular formula is C11H16N2O4. The fraction of sp³-hybridized carbons (Fsp3) is 0.727. The van der Waals surface area contributed by atoms with Crippen molar-refractivity contribution in [3.63, 3.8) is 0 Å². The van der Waals surface area contributed by atoms with E-state index in [0.717, 1.165) is 6.42 Å². The monoisotopic (exact) mass is 240 g/mol. The number of hydrogen-bond acceptors (Lipinski definition) is 4. The molecule has 94 valence electrons. The van der Waals surface area contributed by atoms with Crippen molar-refractivity contribution in [3.05, 3.63) is 0 Å². The smallest absolute Gasteiger partial charge is 0.353 e. The van der Waals surface area contributed by atoms with E-state index in [1.165, 1.54) is 0 Å². The second-order valence-electron chi connectivity index (χ2n) is 5.32. The Labute approximate surface area is 99.2 Å². The first-order valence-corrected chi connectivity index (χ1v) is 5.64. The number of rotatable bonds is 2. The third-order valence-electron chi connectivity index (χ3n) is 3.18. The standard InChI is InChI=1S/C11H16N2O4/c1-11(2)3-4-13(6-11)9(14)8-5-7(10(15)16)12-17-8/h8H,3-6H2,1-2H3,(H,15,16). The van der Waals surface area contributed by atoms with Gasteiger partial charge < -0.3 is 14.8 Å². The van der Waals surface area contributed by atoms with E-state index >= 15 is 0 Å². The zero-order chi connectivity index (χ0) is 12.6. The highest BCUT2D eigenvalue weighted by Crippen LogP contribution is 2.30. The number of nitrogens with zero attached hydrogens (tertiary/aromatic N) is 2. The maximum atomic E-state index is 12.0. The van der Waals surface area contributed by atoms with Gasteiger partial charge in [0.25, 0.3) is 5.91 Å². The molecule has 1 amide bonds. The maximum absolute atomic E-state index is 12.0. The Kier molecular flexibility index (Phi) is 2.81. The Bertz CT molecular complexity index is 389. The highest BCUT2D eigenvalue weighted by atomic mass is 16.6. The molecule has 2 rings (SSSR count). The van der Waals surface area contributed by atoms with E-state index in [4.69, 9.17) is 9.94 Å². The molecule has 6 heteroatoms. The Hall–Kier alpha value is -1.59. The summed E-state index contributed by atoms with van der Waals surface area (Å²) in [4.78, 5) is 29.3. The summed E-state index contributed by atoms with van der Waals surface area (Å²) in [5.74, 6) is -1.28. The molecule has 2 aliphatic rings. The molecule has 0 aliphatic carbocycles. The second kappa shape index (κ2) is 4.01. The Morgan fingerprint density at radius 2 is 2.24 bits per heavy atom. The number of carboxylic acid groups (broad SMARTS) is 1. The topological polar surface area (TPSA) is 79.2 Å². The molecule has 1 saturated heterocycles. The second-order valence-corrected chi connectivity index (χ2v) is 5.32. The number of amides is 1. The molecule has 2 aliphatic heterocycles. The van der Waals surface area contributed by atoms with Crippen molar-refractivity contribution >= 4 is 17.6 Å². The molecule has 6 nitrogen and oxygen atoms in total. The predicted octanol–water partition coefficient (Wildman–Crippen LogP) is 0.474. The van der Waals surface area contributed by atoms with E-state index in [0.29, 0.717) is 13.1 Å². The Balaban J connectivity index is 1.93. The van der Waals surface area contributed by atoms with E-state index < -0.39 is 12.1 Å². The largest absolute Gasteiger partial charge is 0.477 e. The molecule has 0 aromatic heterocycles. The van der Waals surface area contributed by atoms with Crippen LogP contribution in [0.4, 0.5) is 0 Å². The van der Waals surface area contributed by atoms with E-state index in [2.05, 4.69) is 19.0 Å². The lowest BCUT2D eigenvalue weighted by atomic mass is 9.93. The molecule has 17 heavy (non-hydrogen) atoms. The van der Waals surface area contributed by atoms with E-state index in [-0.39, 0.29) is 23.5 Å². The van der Waals surface area contributed by atoms with Gasteiger partial charge >= 0.3 is 5.97 Å². The minimum Gasteiger partial charge on any atom is -0.477 e. The lowest BCUT2D eigenvalue weighted by Gasteiger charge is -2.21. The summed E-state index contributed by atoms with van der Waals surface area (Å²) in [6.07, 6.45) is 0.262. The van der Waals surface area contributed by atoms with E-state index in [1.807, 2.05) is 0 Å². The van der Waals surface area contributed by atoms with Crippen LogP contribution >= 0.6 is 0 Å². The van der Waals surface area contributed by atoms with Crippen LogP contribution in [0, 0.1) is 5.41 Å². The molecule has 0 aromatic rings. The minimum absolute atomic E-state index is 0.0606. The zero-order valence-corrected chi connectivity index (χ0v) is 9.97. The van der Waals surface area contributed by atoms with Gasteiger partial charge in [0.2, 0.25) is 6.10 Å². The number of hydrogen-bond donors (Lipinski definition) is 1. The molecule has 0 saturated carbocycles. The molecular weight excluding hydrogens is 224 g/mol. The van der Waals surface area contributed by atoms with Crippen molar-refractivity contribution < 1.29 is 19.5 Å². The zero-order valence-electron chi connectivity index (χ0n) is 9.97. The minimum atomic E-state index is -1.12. The van der Waals surface area contributed by atoms with Crippen LogP contribution in [0.5, 0.6) is 0 Å². The first-order chi connectivity index (χ1) is 7.89. The van der Waals surface area contributed by atoms with E-state index in [9.17, 15) is 9.59 Å². The van der Waals surface area contributed by atoms with Gasteiger partial charge in [-0.05, 0) is 11.8 Å². The Morgan fingerprint density at radius 1 is 1.53 bits per heavy atom.